The molecule has 6 heteroatoms. The summed E-state index contributed by atoms with van der Waals surface area (Å²) < 4.78 is 5.53. The van der Waals surface area contributed by atoms with E-state index in [1.165, 1.54) is 11.1 Å². The van der Waals surface area contributed by atoms with E-state index < -0.39 is 0 Å². The van der Waals surface area contributed by atoms with Gasteiger partial charge in [0.25, 0.3) is 0 Å². The quantitative estimate of drug-likeness (QED) is 0.518. The number of anilines is 1. The summed E-state index contributed by atoms with van der Waals surface area (Å²) in [7, 11) is 5.91. The Labute approximate surface area is 180 Å². The molecule has 0 saturated carbocycles. The molecule has 0 aromatic heterocycles. The number of ether oxygens (including phenoxy) is 1. The Bertz CT molecular complexity index is 836. The lowest BCUT2D eigenvalue weighted by Crippen LogP contribution is -2.44. The molecule has 0 amide bonds. The Morgan fingerprint density at radius 3 is 2.73 bits per heavy atom. The molecule has 2 N–H and O–H groups in total. The summed E-state index contributed by atoms with van der Waals surface area (Å²) in [6.45, 7) is 6.49. The molecule has 1 fully saturated rings. The average molecular weight is 410 g/mol. The van der Waals surface area contributed by atoms with Crippen molar-refractivity contribution in [1.82, 2.24) is 15.5 Å². The van der Waals surface area contributed by atoms with Gasteiger partial charge in [0.05, 0.1) is 19.3 Å². The molecule has 3 rings (SSSR count). The van der Waals surface area contributed by atoms with Crippen LogP contribution in [0, 0.1) is 0 Å². The third-order valence-electron chi connectivity index (χ3n) is 5.21. The van der Waals surface area contributed by atoms with Crippen molar-refractivity contribution in [3.8, 4) is 5.75 Å². The Balaban J connectivity index is 1.62. The largest absolute Gasteiger partial charge is 0.495 e. The fraction of sp³-hybridized carbons (Fsp3) is 0.458. The number of methoxy groups -OCH3 is 1. The van der Waals surface area contributed by atoms with Crippen molar-refractivity contribution in [2.24, 2.45) is 4.99 Å². The highest BCUT2D eigenvalue weighted by Gasteiger charge is 2.25. The molecule has 162 valence electrons. The summed E-state index contributed by atoms with van der Waals surface area (Å²) in [5, 5.41) is 7.01. The van der Waals surface area contributed by atoms with Gasteiger partial charge in [0.2, 0.25) is 0 Å². The second-order valence-electron chi connectivity index (χ2n) is 8.00. The summed E-state index contributed by atoms with van der Waals surface area (Å²) in [5.74, 6) is 1.80. The van der Waals surface area contributed by atoms with Crippen molar-refractivity contribution in [3.63, 3.8) is 0 Å². The minimum absolute atomic E-state index is 0.354. The van der Waals surface area contributed by atoms with E-state index >= 15 is 0 Å². The zero-order chi connectivity index (χ0) is 21.3. The van der Waals surface area contributed by atoms with E-state index in [1.807, 2.05) is 12.1 Å². The second kappa shape index (κ2) is 10.9. The van der Waals surface area contributed by atoms with Crippen LogP contribution in [0.1, 0.15) is 24.5 Å². The third kappa shape index (κ3) is 6.13. The van der Waals surface area contributed by atoms with Crippen LogP contribution < -0.4 is 20.3 Å². The first-order chi connectivity index (χ1) is 14.6. The number of para-hydroxylation sites is 2. The molecule has 1 aliphatic heterocycles. The number of rotatable bonds is 8. The van der Waals surface area contributed by atoms with E-state index in [9.17, 15) is 0 Å². The van der Waals surface area contributed by atoms with Gasteiger partial charge in [-0.05, 0) is 50.7 Å². The zero-order valence-electron chi connectivity index (χ0n) is 18.7. The SMILES string of the molecule is CCNC(=NCc1cccc(CN(C)C)c1)NC1CCN(c2ccccc2OC)C1. The molecule has 30 heavy (non-hydrogen) atoms. The van der Waals surface area contributed by atoms with Crippen LogP contribution in [0.25, 0.3) is 0 Å². The molecule has 6 nitrogen and oxygen atoms in total. The molecule has 1 saturated heterocycles. The zero-order valence-corrected chi connectivity index (χ0v) is 18.7. The first kappa shape index (κ1) is 22.0. The van der Waals surface area contributed by atoms with Gasteiger partial charge in [-0.2, -0.15) is 0 Å². The number of nitrogens with zero attached hydrogens (tertiary/aromatic N) is 3. The molecule has 1 heterocycles. The highest BCUT2D eigenvalue weighted by atomic mass is 16.5. The summed E-state index contributed by atoms with van der Waals surface area (Å²) in [6.07, 6.45) is 1.07. The minimum atomic E-state index is 0.354. The van der Waals surface area contributed by atoms with Gasteiger partial charge in [0, 0.05) is 32.2 Å². The van der Waals surface area contributed by atoms with Crippen LogP contribution in [0.3, 0.4) is 0 Å². The van der Waals surface area contributed by atoms with Crippen LogP contribution in [0.5, 0.6) is 5.75 Å². The van der Waals surface area contributed by atoms with Crippen LogP contribution in [-0.4, -0.2) is 57.7 Å². The minimum Gasteiger partial charge on any atom is -0.495 e. The van der Waals surface area contributed by atoms with Crippen molar-refractivity contribution in [2.45, 2.75) is 32.5 Å². The maximum atomic E-state index is 5.53. The van der Waals surface area contributed by atoms with Crippen molar-refractivity contribution in [3.05, 3.63) is 59.7 Å². The number of aliphatic imine (C=N–C) groups is 1. The number of benzene rings is 2. The smallest absolute Gasteiger partial charge is 0.191 e. The highest BCUT2D eigenvalue weighted by Crippen LogP contribution is 2.30. The first-order valence-electron chi connectivity index (χ1n) is 10.7. The molecule has 2 aromatic carbocycles. The molecule has 1 atom stereocenters. The molecular formula is C24H35N5O. The number of hydrogen-bond acceptors (Lipinski definition) is 4. The molecule has 2 aromatic rings. The van der Waals surface area contributed by atoms with Gasteiger partial charge in [0.1, 0.15) is 5.75 Å². The Morgan fingerprint density at radius 2 is 1.97 bits per heavy atom. The van der Waals surface area contributed by atoms with E-state index in [-0.39, 0.29) is 0 Å². The van der Waals surface area contributed by atoms with Crippen LogP contribution in [0.15, 0.2) is 53.5 Å². The van der Waals surface area contributed by atoms with Gasteiger partial charge in [0.15, 0.2) is 5.96 Å². The third-order valence-corrected chi connectivity index (χ3v) is 5.21. The molecule has 1 unspecified atom stereocenters. The summed E-state index contributed by atoms with van der Waals surface area (Å²) in [6, 6.07) is 17.2. The normalized spacial score (nSPS) is 16.8. The monoisotopic (exact) mass is 409 g/mol. The predicted molar refractivity (Wildman–Crippen MR) is 125 cm³/mol. The van der Waals surface area contributed by atoms with Gasteiger partial charge in [-0.15, -0.1) is 0 Å². The van der Waals surface area contributed by atoms with Crippen LogP contribution in [-0.2, 0) is 13.1 Å². The highest BCUT2D eigenvalue weighted by molar-refractivity contribution is 5.80. The van der Waals surface area contributed by atoms with Gasteiger partial charge >= 0.3 is 0 Å². The first-order valence-corrected chi connectivity index (χ1v) is 10.7. The lowest BCUT2D eigenvalue weighted by Gasteiger charge is -2.22. The fourth-order valence-electron chi connectivity index (χ4n) is 3.86. The Hall–Kier alpha value is -2.73. The maximum absolute atomic E-state index is 5.53. The topological polar surface area (TPSA) is 52.1 Å². The molecule has 0 spiro atoms. The Morgan fingerprint density at radius 1 is 1.17 bits per heavy atom. The van der Waals surface area contributed by atoms with E-state index in [2.05, 4.69) is 77.9 Å². The van der Waals surface area contributed by atoms with Crippen LogP contribution in [0.2, 0.25) is 0 Å². The molecule has 0 radical (unpaired) electrons. The standard InChI is InChI=1S/C24H35N5O/c1-5-25-24(26-16-19-9-8-10-20(15-19)17-28(2)3)27-21-13-14-29(18-21)22-11-6-7-12-23(22)30-4/h6-12,15,21H,5,13-14,16-18H2,1-4H3,(H2,25,26,27). The average Bonchev–Trinajstić information content (AvgIpc) is 3.20. The van der Waals surface area contributed by atoms with Crippen molar-refractivity contribution < 1.29 is 4.74 Å². The van der Waals surface area contributed by atoms with E-state index in [0.29, 0.717) is 12.6 Å². The van der Waals surface area contributed by atoms with Gasteiger partial charge < -0.3 is 25.2 Å². The maximum Gasteiger partial charge on any atom is 0.191 e. The number of hydrogen-bond donors (Lipinski definition) is 2. The number of nitrogens with one attached hydrogen (secondary N) is 2. The fourth-order valence-corrected chi connectivity index (χ4v) is 3.86. The van der Waals surface area contributed by atoms with Gasteiger partial charge in [-0.1, -0.05) is 36.4 Å². The summed E-state index contributed by atoms with van der Waals surface area (Å²) in [4.78, 5) is 9.40. The summed E-state index contributed by atoms with van der Waals surface area (Å²) in [5.41, 5.74) is 3.70. The van der Waals surface area contributed by atoms with Crippen LogP contribution in [0.4, 0.5) is 5.69 Å². The predicted octanol–water partition coefficient (Wildman–Crippen LogP) is 3.09. The summed E-state index contributed by atoms with van der Waals surface area (Å²) >= 11 is 0. The van der Waals surface area contributed by atoms with E-state index in [4.69, 9.17) is 9.73 Å². The van der Waals surface area contributed by atoms with Crippen molar-refractivity contribution >= 4 is 11.6 Å². The van der Waals surface area contributed by atoms with Gasteiger partial charge in [-0.25, -0.2) is 4.99 Å². The Kier molecular flexibility index (Phi) is 7.97. The van der Waals surface area contributed by atoms with E-state index in [1.54, 1.807) is 7.11 Å². The molecule has 0 aliphatic carbocycles. The second-order valence-corrected chi connectivity index (χ2v) is 8.00. The lowest BCUT2D eigenvalue weighted by atomic mass is 10.1. The van der Waals surface area contributed by atoms with Crippen LogP contribution >= 0.6 is 0 Å². The van der Waals surface area contributed by atoms with E-state index in [0.717, 1.165) is 50.0 Å². The number of guanidine groups is 1. The lowest BCUT2D eigenvalue weighted by molar-refractivity contribution is 0.402. The molecule has 1 aliphatic rings. The van der Waals surface area contributed by atoms with Crippen molar-refractivity contribution in [1.29, 1.82) is 0 Å². The van der Waals surface area contributed by atoms with Gasteiger partial charge in [-0.3, -0.25) is 0 Å². The van der Waals surface area contributed by atoms with Crippen molar-refractivity contribution in [2.75, 3.05) is 45.7 Å². The molecular weight excluding hydrogens is 374 g/mol. The molecule has 0 bridgehead atoms.